The van der Waals surface area contributed by atoms with Crippen LogP contribution in [0.5, 0.6) is 11.5 Å². The van der Waals surface area contributed by atoms with Crippen molar-refractivity contribution in [2.75, 3.05) is 19.5 Å². The van der Waals surface area contributed by atoms with Crippen LogP contribution in [0.25, 0.3) is 0 Å². The zero-order valence-electron chi connectivity index (χ0n) is 14.5. The summed E-state index contributed by atoms with van der Waals surface area (Å²) < 4.78 is 10.3. The zero-order chi connectivity index (χ0) is 19.1. The van der Waals surface area contributed by atoms with Crippen molar-refractivity contribution in [3.8, 4) is 11.5 Å². The van der Waals surface area contributed by atoms with Gasteiger partial charge in [0.15, 0.2) is 11.5 Å². The van der Waals surface area contributed by atoms with Gasteiger partial charge in [0.2, 0.25) is 0 Å². The van der Waals surface area contributed by atoms with Crippen molar-refractivity contribution < 1.29 is 19.1 Å². The highest BCUT2D eigenvalue weighted by Gasteiger charge is 2.14. The van der Waals surface area contributed by atoms with Gasteiger partial charge in [0, 0.05) is 10.7 Å². The summed E-state index contributed by atoms with van der Waals surface area (Å²) in [6.45, 7) is 1.74. The number of nitrogens with one attached hydrogen (secondary N) is 2. The third kappa shape index (κ3) is 4.73. The van der Waals surface area contributed by atoms with Crippen LogP contribution in [0.15, 0.2) is 41.5 Å². The van der Waals surface area contributed by atoms with Crippen molar-refractivity contribution in [1.82, 2.24) is 5.43 Å². The summed E-state index contributed by atoms with van der Waals surface area (Å²) in [5.74, 6) is -0.650. The first kappa shape index (κ1) is 19.3. The second kappa shape index (κ2) is 8.87. The number of hydrazone groups is 1. The molecule has 26 heavy (non-hydrogen) atoms. The van der Waals surface area contributed by atoms with E-state index >= 15 is 0 Å². The lowest BCUT2D eigenvalue weighted by Gasteiger charge is -2.08. The van der Waals surface area contributed by atoms with Gasteiger partial charge in [-0.05, 0) is 48.4 Å². The highest BCUT2D eigenvalue weighted by atomic mass is 35.5. The predicted octanol–water partition coefficient (Wildman–Crippen LogP) is 2.75. The molecule has 2 amide bonds. The van der Waals surface area contributed by atoms with Gasteiger partial charge < -0.3 is 14.8 Å². The smallest absolute Gasteiger partial charge is 0.329 e. The van der Waals surface area contributed by atoms with E-state index in [0.29, 0.717) is 33.3 Å². The third-order valence-corrected chi connectivity index (χ3v) is 3.92. The zero-order valence-corrected chi connectivity index (χ0v) is 15.3. The quantitative estimate of drug-likeness (QED) is 0.477. The number of halogens is 1. The lowest BCUT2D eigenvalue weighted by Crippen LogP contribution is -2.32. The van der Waals surface area contributed by atoms with Crippen LogP contribution >= 0.6 is 11.6 Å². The second-order valence-electron chi connectivity index (χ2n) is 5.18. The van der Waals surface area contributed by atoms with Gasteiger partial charge >= 0.3 is 11.8 Å². The number of nitrogens with zero attached hydrogens (tertiary/aromatic N) is 1. The van der Waals surface area contributed by atoms with Gasteiger partial charge in [0.05, 0.1) is 20.4 Å². The van der Waals surface area contributed by atoms with Crippen molar-refractivity contribution >= 4 is 35.3 Å². The Labute approximate surface area is 155 Å². The summed E-state index contributed by atoms with van der Waals surface area (Å²) in [5, 5.41) is 6.75. The monoisotopic (exact) mass is 375 g/mol. The topological polar surface area (TPSA) is 89.0 Å². The third-order valence-electron chi connectivity index (χ3n) is 3.51. The van der Waals surface area contributed by atoms with Crippen LogP contribution in [0, 0.1) is 6.92 Å². The predicted molar refractivity (Wildman–Crippen MR) is 100 cm³/mol. The fourth-order valence-corrected chi connectivity index (χ4v) is 2.25. The maximum absolute atomic E-state index is 11.9. The number of methoxy groups -OCH3 is 2. The van der Waals surface area contributed by atoms with E-state index in [9.17, 15) is 9.59 Å². The number of carbonyl (C=O) groups is 2. The average molecular weight is 376 g/mol. The Morgan fingerprint density at radius 3 is 2.50 bits per heavy atom. The van der Waals surface area contributed by atoms with Crippen LogP contribution < -0.4 is 20.2 Å². The van der Waals surface area contributed by atoms with Crippen molar-refractivity contribution in [2.45, 2.75) is 6.92 Å². The molecule has 0 saturated heterocycles. The first-order chi connectivity index (χ1) is 12.5. The maximum atomic E-state index is 11.9. The summed E-state index contributed by atoms with van der Waals surface area (Å²) in [4.78, 5) is 23.8. The van der Waals surface area contributed by atoms with Gasteiger partial charge in [-0.1, -0.05) is 17.7 Å². The largest absolute Gasteiger partial charge is 0.493 e. The average Bonchev–Trinajstić information content (AvgIpc) is 2.65. The summed E-state index contributed by atoms with van der Waals surface area (Å²) in [5.41, 5.74) is 3.96. The molecule has 0 unspecified atom stereocenters. The number of rotatable bonds is 5. The van der Waals surface area contributed by atoms with Crippen LogP contribution in [-0.2, 0) is 9.59 Å². The highest BCUT2D eigenvalue weighted by molar-refractivity contribution is 6.40. The summed E-state index contributed by atoms with van der Waals surface area (Å²) in [6, 6.07) is 10.1. The second-order valence-corrected chi connectivity index (χ2v) is 5.59. The summed E-state index contributed by atoms with van der Waals surface area (Å²) in [7, 11) is 3.05. The molecule has 2 rings (SSSR count). The minimum Gasteiger partial charge on any atom is -0.493 e. The lowest BCUT2D eigenvalue weighted by molar-refractivity contribution is -0.136. The van der Waals surface area contributed by atoms with Crippen LogP contribution in [0.3, 0.4) is 0 Å². The molecule has 0 aliphatic heterocycles. The molecule has 136 valence electrons. The highest BCUT2D eigenvalue weighted by Crippen LogP contribution is 2.26. The van der Waals surface area contributed by atoms with Gasteiger partial charge in [-0.25, -0.2) is 5.43 Å². The molecule has 0 aliphatic rings. The van der Waals surface area contributed by atoms with Crippen molar-refractivity contribution in [2.24, 2.45) is 5.10 Å². The van der Waals surface area contributed by atoms with Crippen LogP contribution in [0.1, 0.15) is 11.1 Å². The maximum Gasteiger partial charge on any atom is 0.329 e. The van der Waals surface area contributed by atoms with E-state index in [1.54, 1.807) is 43.3 Å². The Balaban J connectivity index is 1.98. The minimum absolute atomic E-state index is 0.460. The molecule has 0 fully saturated rings. The Morgan fingerprint density at radius 1 is 1.08 bits per heavy atom. The molecular formula is C18H18ClN3O4. The summed E-state index contributed by atoms with van der Waals surface area (Å²) >= 11 is 5.98. The van der Waals surface area contributed by atoms with Crippen molar-refractivity contribution in [1.29, 1.82) is 0 Å². The SMILES string of the molecule is COc1ccc(/C=N/NC(=O)C(=O)Nc2cccc(Cl)c2C)cc1OC. The molecule has 0 radical (unpaired) electrons. The standard InChI is InChI=1S/C18H18ClN3O4/c1-11-13(19)5-4-6-14(11)21-17(23)18(24)22-20-10-12-7-8-15(25-2)16(9-12)26-3/h4-10H,1-3H3,(H,21,23)(H,22,24)/b20-10+. The first-order valence-electron chi connectivity index (χ1n) is 7.57. The molecule has 0 saturated carbocycles. The van der Waals surface area contributed by atoms with Crippen molar-refractivity contribution in [3.63, 3.8) is 0 Å². The van der Waals surface area contributed by atoms with Gasteiger partial charge in [-0.15, -0.1) is 0 Å². The van der Waals surface area contributed by atoms with Crippen LogP contribution in [0.4, 0.5) is 5.69 Å². The fraction of sp³-hybridized carbons (Fsp3) is 0.167. The molecule has 2 aromatic carbocycles. The number of amides is 2. The molecule has 0 heterocycles. The minimum atomic E-state index is -0.902. The molecule has 0 atom stereocenters. The first-order valence-corrected chi connectivity index (χ1v) is 7.95. The molecule has 0 bridgehead atoms. The Hall–Kier alpha value is -3.06. The Morgan fingerprint density at radius 2 is 1.81 bits per heavy atom. The van der Waals surface area contributed by atoms with Crippen LogP contribution in [-0.4, -0.2) is 32.2 Å². The number of carbonyl (C=O) groups excluding carboxylic acids is 2. The van der Waals surface area contributed by atoms with Gasteiger partial charge in [0.1, 0.15) is 0 Å². The lowest BCUT2D eigenvalue weighted by atomic mass is 10.2. The number of anilines is 1. The van der Waals surface area contributed by atoms with E-state index in [4.69, 9.17) is 21.1 Å². The normalized spacial score (nSPS) is 10.5. The van der Waals surface area contributed by atoms with Crippen LogP contribution in [0.2, 0.25) is 5.02 Å². The van der Waals surface area contributed by atoms with E-state index in [0.717, 1.165) is 0 Å². The van der Waals surface area contributed by atoms with Crippen molar-refractivity contribution in [3.05, 3.63) is 52.5 Å². The van der Waals surface area contributed by atoms with E-state index < -0.39 is 11.8 Å². The molecule has 2 N–H and O–H groups in total. The molecule has 0 spiro atoms. The van der Waals surface area contributed by atoms with Gasteiger partial charge in [0.25, 0.3) is 0 Å². The summed E-state index contributed by atoms with van der Waals surface area (Å²) in [6.07, 6.45) is 1.39. The molecule has 7 nitrogen and oxygen atoms in total. The van der Waals surface area contributed by atoms with E-state index in [1.165, 1.54) is 20.4 Å². The number of hydrogen-bond donors (Lipinski definition) is 2. The fourth-order valence-electron chi connectivity index (χ4n) is 2.07. The molecule has 0 aliphatic carbocycles. The number of hydrogen-bond acceptors (Lipinski definition) is 5. The van der Waals surface area contributed by atoms with Gasteiger partial charge in [-0.3, -0.25) is 9.59 Å². The molecule has 8 heteroatoms. The van der Waals surface area contributed by atoms with Gasteiger partial charge in [-0.2, -0.15) is 5.10 Å². The molecule has 0 aromatic heterocycles. The number of ether oxygens (including phenoxy) is 2. The van der Waals surface area contributed by atoms with E-state index in [-0.39, 0.29) is 0 Å². The Kier molecular flexibility index (Phi) is 6.57. The molecule has 2 aromatic rings. The number of benzene rings is 2. The van der Waals surface area contributed by atoms with E-state index in [1.807, 2.05) is 0 Å². The Bertz CT molecular complexity index is 852. The molecular weight excluding hydrogens is 358 g/mol. The van der Waals surface area contributed by atoms with E-state index in [2.05, 4.69) is 15.8 Å².